The molecule has 0 aliphatic heterocycles. The van der Waals surface area contributed by atoms with E-state index in [0.29, 0.717) is 22.1 Å². The van der Waals surface area contributed by atoms with Gasteiger partial charge in [-0.15, -0.1) is 5.10 Å². The summed E-state index contributed by atoms with van der Waals surface area (Å²) in [5.74, 6) is -0.362. The summed E-state index contributed by atoms with van der Waals surface area (Å²) in [7, 11) is 0. The molecule has 3 rings (SSSR count). The van der Waals surface area contributed by atoms with Crippen LogP contribution in [0.2, 0.25) is 5.02 Å². The van der Waals surface area contributed by atoms with Gasteiger partial charge in [0.25, 0.3) is 0 Å². The summed E-state index contributed by atoms with van der Waals surface area (Å²) in [4.78, 5) is 12.2. The van der Waals surface area contributed by atoms with E-state index in [0.717, 1.165) is 0 Å². The minimum Gasteiger partial charge on any atom is -0.323 e. The molecular formula is C16H13ClFN5O. The molecule has 0 spiro atoms. The molecule has 0 aliphatic carbocycles. The fourth-order valence-electron chi connectivity index (χ4n) is 2.22. The predicted molar refractivity (Wildman–Crippen MR) is 87.6 cm³/mol. The van der Waals surface area contributed by atoms with Crippen LogP contribution in [0.3, 0.4) is 0 Å². The lowest BCUT2D eigenvalue weighted by atomic mass is 10.1. The number of amides is 1. The number of hydrogen-bond donors (Lipinski definition) is 1. The summed E-state index contributed by atoms with van der Waals surface area (Å²) < 4.78 is 15.4. The summed E-state index contributed by atoms with van der Waals surface area (Å²) in [6.45, 7) is 1.72. The largest absolute Gasteiger partial charge is 0.323 e. The molecule has 0 saturated carbocycles. The number of halogens is 2. The molecule has 1 heterocycles. The summed E-state index contributed by atoms with van der Waals surface area (Å²) in [6.07, 6.45) is 0.0489. The Morgan fingerprint density at radius 1 is 1.29 bits per heavy atom. The Morgan fingerprint density at radius 2 is 2.08 bits per heavy atom. The van der Waals surface area contributed by atoms with Crippen molar-refractivity contribution in [2.24, 2.45) is 0 Å². The first-order valence-electron chi connectivity index (χ1n) is 7.13. The molecule has 8 heteroatoms. The number of hydrogen-bond acceptors (Lipinski definition) is 4. The van der Waals surface area contributed by atoms with Gasteiger partial charge in [0.2, 0.25) is 5.91 Å². The second kappa shape index (κ2) is 6.76. The van der Waals surface area contributed by atoms with Crippen molar-refractivity contribution in [2.75, 3.05) is 5.32 Å². The minimum atomic E-state index is -0.544. The summed E-state index contributed by atoms with van der Waals surface area (Å²) >= 11 is 6.03. The van der Waals surface area contributed by atoms with Gasteiger partial charge in [-0.25, -0.2) is 4.39 Å². The van der Waals surface area contributed by atoms with Crippen LogP contribution >= 0.6 is 11.6 Å². The SMILES string of the molecule is Cc1nnnn1-c1ccc(F)c(NC(=O)Cc2ccccc2Cl)c1. The van der Waals surface area contributed by atoms with E-state index < -0.39 is 5.82 Å². The lowest BCUT2D eigenvalue weighted by Gasteiger charge is -2.09. The van der Waals surface area contributed by atoms with E-state index in [1.165, 1.54) is 22.9 Å². The maximum absolute atomic E-state index is 14.0. The van der Waals surface area contributed by atoms with Crippen molar-refractivity contribution in [3.63, 3.8) is 0 Å². The van der Waals surface area contributed by atoms with Crippen LogP contribution in [0.5, 0.6) is 0 Å². The number of benzene rings is 2. The molecule has 6 nitrogen and oxygen atoms in total. The molecule has 0 atom stereocenters. The molecule has 1 amide bonds. The van der Waals surface area contributed by atoms with Gasteiger partial charge in [0.1, 0.15) is 5.82 Å². The summed E-state index contributed by atoms with van der Waals surface area (Å²) in [6, 6.07) is 11.3. The molecule has 0 saturated heterocycles. The average Bonchev–Trinajstić information content (AvgIpc) is 2.98. The minimum absolute atomic E-state index is 0.0489. The Labute approximate surface area is 142 Å². The predicted octanol–water partition coefficient (Wildman–Crippen LogP) is 2.94. The molecular weight excluding hydrogens is 333 g/mol. The van der Waals surface area contributed by atoms with E-state index in [9.17, 15) is 9.18 Å². The number of carbonyl (C=O) groups is 1. The second-order valence-electron chi connectivity index (χ2n) is 5.12. The Bertz CT molecular complexity index is 896. The van der Waals surface area contributed by atoms with E-state index in [-0.39, 0.29) is 18.0 Å². The molecule has 3 aromatic rings. The van der Waals surface area contributed by atoms with Crippen LogP contribution in [-0.2, 0) is 11.2 Å². The molecule has 0 radical (unpaired) electrons. The lowest BCUT2D eigenvalue weighted by Crippen LogP contribution is -2.16. The molecule has 0 unspecified atom stereocenters. The van der Waals surface area contributed by atoms with E-state index in [1.807, 2.05) is 0 Å². The van der Waals surface area contributed by atoms with Gasteiger partial charge in [-0.1, -0.05) is 29.8 Å². The number of anilines is 1. The normalized spacial score (nSPS) is 10.6. The van der Waals surface area contributed by atoms with Gasteiger partial charge in [0.05, 0.1) is 17.8 Å². The maximum Gasteiger partial charge on any atom is 0.228 e. The standard InChI is InChI=1S/C16H13ClFN5O/c1-10-20-21-22-23(10)12-6-7-14(18)15(9-12)19-16(24)8-11-4-2-3-5-13(11)17/h2-7,9H,8H2,1H3,(H,19,24). The van der Waals surface area contributed by atoms with Gasteiger partial charge in [-0.05, 0) is 47.2 Å². The quantitative estimate of drug-likeness (QED) is 0.789. The van der Waals surface area contributed by atoms with Crippen LogP contribution in [-0.4, -0.2) is 26.1 Å². The summed E-state index contributed by atoms with van der Waals surface area (Å²) in [5, 5.41) is 14.2. The summed E-state index contributed by atoms with van der Waals surface area (Å²) in [5.41, 5.74) is 1.27. The first kappa shape index (κ1) is 16.1. The number of carbonyl (C=O) groups excluding carboxylic acids is 1. The zero-order valence-electron chi connectivity index (χ0n) is 12.7. The van der Waals surface area contributed by atoms with Gasteiger partial charge in [0, 0.05) is 5.02 Å². The van der Waals surface area contributed by atoms with Crippen LogP contribution in [0.1, 0.15) is 11.4 Å². The van der Waals surface area contributed by atoms with Gasteiger partial charge >= 0.3 is 0 Å². The number of rotatable bonds is 4. The van der Waals surface area contributed by atoms with Gasteiger partial charge < -0.3 is 5.32 Å². The Morgan fingerprint density at radius 3 is 2.79 bits per heavy atom. The number of nitrogens with one attached hydrogen (secondary N) is 1. The van der Waals surface area contributed by atoms with Gasteiger partial charge in [-0.3, -0.25) is 4.79 Å². The van der Waals surface area contributed by atoms with E-state index >= 15 is 0 Å². The third-order valence-electron chi connectivity index (χ3n) is 3.40. The fourth-order valence-corrected chi connectivity index (χ4v) is 2.42. The van der Waals surface area contributed by atoms with Crippen LogP contribution in [0.25, 0.3) is 5.69 Å². The monoisotopic (exact) mass is 345 g/mol. The Kier molecular flexibility index (Phi) is 4.52. The highest BCUT2D eigenvalue weighted by molar-refractivity contribution is 6.31. The van der Waals surface area contributed by atoms with Crippen LogP contribution in [0, 0.1) is 12.7 Å². The molecule has 1 N–H and O–H groups in total. The van der Waals surface area contributed by atoms with Crippen molar-refractivity contribution in [3.8, 4) is 5.69 Å². The topological polar surface area (TPSA) is 72.7 Å². The number of aromatic nitrogens is 4. The highest BCUT2D eigenvalue weighted by atomic mass is 35.5. The average molecular weight is 346 g/mol. The van der Waals surface area contributed by atoms with Crippen molar-refractivity contribution >= 4 is 23.2 Å². The highest BCUT2D eigenvalue weighted by Crippen LogP contribution is 2.20. The van der Waals surface area contributed by atoms with E-state index in [1.54, 1.807) is 31.2 Å². The number of nitrogens with zero attached hydrogens (tertiary/aromatic N) is 4. The molecule has 0 bridgehead atoms. The van der Waals surface area contributed by atoms with Crippen LogP contribution in [0.4, 0.5) is 10.1 Å². The van der Waals surface area contributed by atoms with Crippen molar-refractivity contribution in [3.05, 3.63) is 64.7 Å². The van der Waals surface area contributed by atoms with Crippen molar-refractivity contribution in [2.45, 2.75) is 13.3 Å². The van der Waals surface area contributed by atoms with Crippen molar-refractivity contribution in [1.29, 1.82) is 0 Å². The number of tetrazole rings is 1. The third kappa shape index (κ3) is 3.41. The molecule has 0 fully saturated rings. The zero-order chi connectivity index (χ0) is 17.1. The second-order valence-corrected chi connectivity index (χ2v) is 5.53. The molecule has 0 aliphatic rings. The molecule has 24 heavy (non-hydrogen) atoms. The van der Waals surface area contributed by atoms with E-state index in [4.69, 9.17) is 11.6 Å². The van der Waals surface area contributed by atoms with Crippen molar-refractivity contribution < 1.29 is 9.18 Å². The van der Waals surface area contributed by atoms with Crippen molar-refractivity contribution in [1.82, 2.24) is 20.2 Å². The Balaban J connectivity index is 1.81. The first-order valence-corrected chi connectivity index (χ1v) is 7.50. The van der Waals surface area contributed by atoms with Gasteiger partial charge in [0.15, 0.2) is 5.82 Å². The van der Waals surface area contributed by atoms with Crippen LogP contribution in [0.15, 0.2) is 42.5 Å². The molecule has 2 aromatic carbocycles. The van der Waals surface area contributed by atoms with Gasteiger partial charge in [-0.2, -0.15) is 4.68 Å². The third-order valence-corrected chi connectivity index (χ3v) is 3.77. The molecule has 1 aromatic heterocycles. The lowest BCUT2D eigenvalue weighted by molar-refractivity contribution is -0.115. The molecule has 122 valence electrons. The number of aryl methyl sites for hydroxylation is 1. The highest BCUT2D eigenvalue weighted by Gasteiger charge is 2.12. The Hall–Kier alpha value is -2.80. The zero-order valence-corrected chi connectivity index (χ0v) is 13.5. The van der Waals surface area contributed by atoms with Crippen LogP contribution < -0.4 is 5.32 Å². The van der Waals surface area contributed by atoms with E-state index in [2.05, 4.69) is 20.8 Å². The first-order chi connectivity index (χ1) is 11.5. The fraction of sp³-hybridized carbons (Fsp3) is 0.125. The maximum atomic E-state index is 14.0. The smallest absolute Gasteiger partial charge is 0.228 e.